The Morgan fingerprint density at radius 3 is 2.61 bits per heavy atom. The van der Waals surface area contributed by atoms with Crippen LogP contribution in [-0.2, 0) is 0 Å². The van der Waals surface area contributed by atoms with Gasteiger partial charge in [0.1, 0.15) is 0 Å². The second kappa shape index (κ2) is 11.7. The Labute approximate surface area is 193 Å². The van der Waals surface area contributed by atoms with E-state index in [2.05, 4.69) is 71.5 Å². The maximum Gasteiger partial charge on any atom is 0.0485 e. The summed E-state index contributed by atoms with van der Waals surface area (Å²) in [4.78, 5) is 0. The zero-order valence-corrected chi connectivity index (χ0v) is 19.7. The minimum absolute atomic E-state index is 0. The number of fused-ring (bicyclic) bond motifs is 1. The maximum absolute atomic E-state index is 5.66. The van der Waals surface area contributed by atoms with Crippen molar-refractivity contribution in [2.24, 2.45) is 5.73 Å². The van der Waals surface area contributed by atoms with Gasteiger partial charge >= 0.3 is 0 Å². The van der Waals surface area contributed by atoms with Crippen LogP contribution in [0.4, 0.5) is 0 Å². The van der Waals surface area contributed by atoms with E-state index >= 15 is 0 Å². The standard InChI is InChI=1S/C27H37N3.ClH/c1-21-9-7-10-22(19-21)24(15-18-29-17-8-16-28)26-20-30(23-11-3-2-4-12-23)27-14-6-5-13-25(26)27;/h5-7,9-10,13-14,19-20,23-24,29H,2-4,8,11-12,15-18,28H2,1H3;1H. The van der Waals surface area contributed by atoms with Crippen LogP contribution in [0.25, 0.3) is 10.9 Å². The fourth-order valence-electron chi connectivity index (χ4n) is 5.16. The molecular formula is C27H38ClN3. The molecular weight excluding hydrogens is 402 g/mol. The van der Waals surface area contributed by atoms with Gasteiger partial charge in [0.25, 0.3) is 0 Å². The van der Waals surface area contributed by atoms with Crippen LogP contribution in [-0.4, -0.2) is 24.2 Å². The smallest absolute Gasteiger partial charge is 0.0485 e. The molecule has 3 nitrogen and oxygen atoms in total. The van der Waals surface area contributed by atoms with Crippen LogP contribution in [0.15, 0.2) is 54.7 Å². The quantitative estimate of drug-likeness (QED) is 0.382. The van der Waals surface area contributed by atoms with Crippen LogP contribution >= 0.6 is 12.4 Å². The van der Waals surface area contributed by atoms with Gasteiger partial charge in [-0.3, -0.25) is 0 Å². The number of rotatable bonds is 9. The summed E-state index contributed by atoms with van der Waals surface area (Å²) in [6.07, 6.45) is 11.4. The minimum atomic E-state index is 0. The van der Waals surface area contributed by atoms with Crippen LogP contribution < -0.4 is 11.1 Å². The highest BCUT2D eigenvalue weighted by Gasteiger charge is 2.23. The molecule has 1 saturated carbocycles. The molecule has 0 radical (unpaired) electrons. The van der Waals surface area contributed by atoms with Crippen molar-refractivity contribution < 1.29 is 0 Å². The second-order valence-electron chi connectivity index (χ2n) is 8.95. The SMILES string of the molecule is Cc1cccc(C(CCNCCCN)c2cn(C3CCCCC3)c3ccccc23)c1.Cl. The van der Waals surface area contributed by atoms with Gasteiger partial charge in [-0.2, -0.15) is 0 Å². The monoisotopic (exact) mass is 439 g/mol. The van der Waals surface area contributed by atoms with Gasteiger partial charge in [-0.25, -0.2) is 0 Å². The number of para-hydroxylation sites is 1. The van der Waals surface area contributed by atoms with Gasteiger partial charge in [0.15, 0.2) is 0 Å². The molecule has 1 unspecified atom stereocenters. The predicted octanol–water partition coefficient (Wildman–Crippen LogP) is 6.34. The summed E-state index contributed by atoms with van der Waals surface area (Å²) in [5, 5.41) is 5.03. The minimum Gasteiger partial charge on any atom is -0.344 e. The number of hydrogen-bond donors (Lipinski definition) is 2. The van der Waals surface area contributed by atoms with Crippen molar-refractivity contribution in [3.63, 3.8) is 0 Å². The molecule has 0 spiro atoms. The normalized spacial score (nSPS) is 15.7. The van der Waals surface area contributed by atoms with Crippen molar-refractivity contribution in [1.29, 1.82) is 0 Å². The average molecular weight is 440 g/mol. The number of benzene rings is 2. The van der Waals surface area contributed by atoms with E-state index in [1.165, 1.54) is 59.7 Å². The van der Waals surface area contributed by atoms with Crippen LogP contribution in [0.3, 0.4) is 0 Å². The van der Waals surface area contributed by atoms with E-state index in [1.54, 1.807) is 0 Å². The van der Waals surface area contributed by atoms with E-state index in [-0.39, 0.29) is 12.4 Å². The maximum atomic E-state index is 5.66. The van der Waals surface area contributed by atoms with Crippen molar-refractivity contribution in [3.05, 3.63) is 71.4 Å². The summed E-state index contributed by atoms with van der Waals surface area (Å²) in [5.41, 5.74) is 11.3. The number of nitrogens with zero attached hydrogens (tertiary/aromatic N) is 1. The highest BCUT2D eigenvalue weighted by atomic mass is 35.5. The summed E-state index contributed by atoms with van der Waals surface area (Å²) >= 11 is 0. The van der Waals surface area contributed by atoms with Gasteiger partial charge in [0, 0.05) is 29.1 Å². The fourth-order valence-corrected chi connectivity index (χ4v) is 5.16. The largest absolute Gasteiger partial charge is 0.344 e. The lowest BCUT2D eigenvalue weighted by Gasteiger charge is -2.24. The third-order valence-corrected chi connectivity index (χ3v) is 6.73. The summed E-state index contributed by atoms with van der Waals surface area (Å²) in [7, 11) is 0. The molecule has 1 heterocycles. The highest BCUT2D eigenvalue weighted by molar-refractivity contribution is 5.85. The molecule has 0 amide bonds. The Kier molecular flexibility index (Phi) is 9.01. The Balaban J connectivity index is 0.00000272. The predicted molar refractivity (Wildman–Crippen MR) is 135 cm³/mol. The molecule has 0 aliphatic heterocycles. The molecule has 1 fully saturated rings. The Bertz CT molecular complexity index is 943. The number of aryl methyl sites for hydroxylation is 1. The topological polar surface area (TPSA) is 43.0 Å². The van der Waals surface area contributed by atoms with Crippen molar-refractivity contribution >= 4 is 23.3 Å². The molecule has 1 atom stereocenters. The first kappa shape index (κ1) is 23.8. The number of aromatic nitrogens is 1. The van der Waals surface area contributed by atoms with Gasteiger partial charge in [-0.15, -0.1) is 12.4 Å². The van der Waals surface area contributed by atoms with E-state index in [4.69, 9.17) is 5.73 Å². The van der Waals surface area contributed by atoms with Gasteiger partial charge in [-0.1, -0.05) is 67.3 Å². The van der Waals surface area contributed by atoms with Crippen molar-refractivity contribution in [1.82, 2.24) is 9.88 Å². The lowest BCUT2D eigenvalue weighted by molar-refractivity contribution is 0.360. The van der Waals surface area contributed by atoms with E-state index in [0.29, 0.717) is 12.0 Å². The first-order valence-corrected chi connectivity index (χ1v) is 11.8. The van der Waals surface area contributed by atoms with E-state index in [0.717, 1.165) is 32.5 Å². The Hall–Kier alpha value is -1.81. The van der Waals surface area contributed by atoms with Crippen molar-refractivity contribution in [2.45, 2.75) is 63.8 Å². The number of nitrogens with one attached hydrogen (secondary N) is 1. The molecule has 1 aliphatic carbocycles. The van der Waals surface area contributed by atoms with Crippen LogP contribution in [0.5, 0.6) is 0 Å². The first-order chi connectivity index (χ1) is 14.8. The van der Waals surface area contributed by atoms with Gasteiger partial charge in [-0.05, 0) is 69.4 Å². The van der Waals surface area contributed by atoms with Crippen molar-refractivity contribution in [3.8, 4) is 0 Å². The molecule has 0 saturated heterocycles. The molecule has 3 N–H and O–H groups in total. The average Bonchev–Trinajstić information content (AvgIpc) is 3.16. The highest BCUT2D eigenvalue weighted by Crippen LogP contribution is 2.38. The van der Waals surface area contributed by atoms with E-state index in [9.17, 15) is 0 Å². The lowest BCUT2D eigenvalue weighted by atomic mass is 9.87. The van der Waals surface area contributed by atoms with Crippen LogP contribution in [0.2, 0.25) is 0 Å². The second-order valence-corrected chi connectivity index (χ2v) is 8.95. The van der Waals surface area contributed by atoms with Crippen molar-refractivity contribution in [2.75, 3.05) is 19.6 Å². The molecule has 2 aromatic carbocycles. The summed E-state index contributed by atoms with van der Waals surface area (Å²) in [6, 6.07) is 18.8. The Morgan fingerprint density at radius 1 is 1.03 bits per heavy atom. The number of halogens is 1. The first-order valence-electron chi connectivity index (χ1n) is 11.8. The van der Waals surface area contributed by atoms with Gasteiger partial charge in [0.05, 0.1) is 0 Å². The van der Waals surface area contributed by atoms with Gasteiger partial charge < -0.3 is 15.6 Å². The lowest BCUT2D eigenvalue weighted by Crippen LogP contribution is -2.21. The molecule has 0 bridgehead atoms. The zero-order valence-electron chi connectivity index (χ0n) is 18.9. The molecule has 1 aliphatic rings. The third kappa shape index (κ3) is 5.71. The summed E-state index contributed by atoms with van der Waals surface area (Å²) < 4.78 is 2.61. The van der Waals surface area contributed by atoms with E-state index in [1.807, 2.05) is 0 Å². The van der Waals surface area contributed by atoms with Crippen LogP contribution in [0, 0.1) is 6.92 Å². The number of nitrogens with two attached hydrogens (primary N) is 1. The molecule has 168 valence electrons. The summed E-state index contributed by atoms with van der Waals surface area (Å²) in [6.45, 7) is 4.97. The molecule has 1 aromatic heterocycles. The Morgan fingerprint density at radius 2 is 1.84 bits per heavy atom. The molecule has 4 heteroatoms. The molecule has 4 rings (SSSR count). The third-order valence-electron chi connectivity index (χ3n) is 6.73. The summed E-state index contributed by atoms with van der Waals surface area (Å²) in [5.74, 6) is 0.407. The molecule has 3 aromatic rings. The van der Waals surface area contributed by atoms with Gasteiger partial charge in [0.2, 0.25) is 0 Å². The van der Waals surface area contributed by atoms with Crippen LogP contribution in [0.1, 0.15) is 73.6 Å². The number of hydrogen-bond acceptors (Lipinski definition) is 2. The fraction of sp³-hybridized carbons (Fsp3) is 0.481. The molecule has 31 heavy (non-hydrogen) atoms. The zero-order chi connectivity index (χ0) is 20.8. The van der Waals surface area contributed by atoms with E-state index < -0.39 is 0 Å².